The average molecular weight is 529 g/mol. The Hall–Kier alpha value is -2.65. The Labute approximate surface area is 224 Å². The van der Waals surface area contributed by atoms with Crippen LogP contribution in [0, 0.1) is 0 Å². The number of nitrogens with zero attached hydrogens (tertiary/aromatic N) is 3. The van der Waals surface area contributed by atoms with E-state index in [0.717, 1.165) is 92.0 Å². The number of nitrogens with one attached hydrogen (secondary N) is 1. The van der Waals surface area contributed by atoms with Gasteiger partial charge >= 0.3 is 0 Å². The van der Waals surface area contributed by atoms with Gasteiger partial charge in [-0.15, -0.1) is 12.4 Å². The number of ether oxygens (including phenoxy) is 3. The summed E-state index contributed by atoms with van der Waals surface area (Å²) in [5, 5.41) is 4.86. The maximum Gasteiger partial charge on any atom is 0.259 e. The van der Waals surface area contributed by atoms with Gasteiger partial charge in [-0.25, -0.2) is 0 Å². The Balaban J connectivity index is 0.00000320. The largest absolute Gasteiger partial charge is 0.496 e. The summed E-state index contributed by atoms with van der Waals surface area (Å²) >= 11 is 0. The molecular formula is C28H37ClN4O4. The Morgan fingerprint density at radius 1 is 1.00 bits per heavy atom. The van der Waals surface area contributed by atoms with Gasteiger partial charge in [0.15, 0.2) is 0 Å². The molecule has 2 saturated heterocycles. The first-order valence-corrected chi connectivity index (χ1v) is 12.8. The fraction of sp³-hybridized carbons (Fsp3) is 0.500. The van der Waals surface area contributed by atoms with Crippen molar-refractivity contribution in [2.24, 2.45) is 7.05 Å². The van der Waals surface area contributed by atoms with Gasteiger partial charge in [0.2, 0.25) is 0 Å². The summed E-state index contributed by atoms with van der Waals surface area (Å²) < 4.78 is 19.7. The lowest BCUT2D eigenvalue weighted by Crippen LogP contribution is -2.40. The summed E-state index contributed by atoms with van der Waals surface area (Å²) in [7, 11) is 5.16. The molecular weight excluding hydrogens is 492 g/mol. The Kier molecular flexibility index (Phi) is 9.08. The third kappa shape index (κ3) is 5.93. The molecule has 0 saturated carbocycles. The molecule has 37 heavy (non-hydrogen) atoms. The number of hydrogen-bond acceptors (Lipinski definition) is 7. The van der Waals surface area contributed by atoms with Crippen LogP contribution in [0.25, 0.3) is 21.9 Å². The van der Waals surface area contributed by atoms with Crippen molar-refractivity contribution in [3.05, 3.63) is 52.7 Å². The highest BCUT2D eigenvalue weighted by Gasteiger charge is 2.26. The molecule has 9 heteroatoms. The topological polar surface area (TPSA) is 77.9 Å². The third-order valence-electron chi connectivity index (χ3n) is 7.49. The van der Waals surface area contributed by atoms with Gasteiger partial charge in [-0.3, -0.25) is 14.7 Å². The van der Waals surface area contributed by atoms with Crippen molar-refractivity contribution in [1.29, 1.82) is 0 Å². The Morgan fingerprint density at radius 3 is 2.30 bits per heavy atom. The maximum atomic E-state index is 12.6. The SMILES string of the molecule is COc1cc(-c2cn(C)c(=O)c3cnccc23)cc(OC)c1CN1CCC(OC2CCNCC2)CC1.Cl. The smallest absolute Gasteiger partial charge is 0.259 e. The van der Waals surface area contributed by atoms with Crippen molar-refractivity contribution in [1.82, 2.24) is 19.8 Å². The minimum atomic E-state index is -0.0649. The highest BCUT2D eigenvalue weighted by molar-refractivity contribution is 5.95. The van der Waals surface area contributed by atoms with Gasteiger partial charge in [0.25, 0.3) is 5.56 Å². The van der Waals surface area contributed by atoms with E-state index >= 15 is 0 Å². The lowest BCUT2D eigenvalue weighted by molar-refractivity contribution is -0.0540. The second kappa shape index (κ2) is 12.3. The second-order valence-electron chi connectivity index (χ2n) is 9.80. The van der Waals surface area contributed by atoms with Crippen molar-refractivity contribution in [3.8, 4) is 22.6 Å². The molecule has 5 rings (SSSR count). The molecule has 200 valence electrons. The minimum absolute atomic E-state index is 0. The molecule has 0 amide bonds. The van der Waals surface area contributed by atoms with Crippen LogP contribution in [0.3, 0.4) is 0 Å². The van der Waals surface area contributed by atoms with Crippen molar-refractivity contribution < 1.29 is 14.2 Å². The molecule has 2 aliphatic rings. The zero-order valence-corrected chi connectivity index (χ0v) is 22.7. The summed E-state index contributed by atoms with van der Waals surface area (Å²) in [6.45, 7) is 4.85. The number of likely N-dealkylation sites (tertiary alicyclic amines) is 1. The number of halogens is 1. The van der Waals surface area contributed by atoms with Crippen LogP contribution in [0.4, 0.5) is 0 Å². The zero-order chi connectivity index (χ0) is 25.1. The van der Waals surface area contributed by atoms with Crippen molar-refractivity contribution in [3.63, 3.8) is 0 Å². The second-order valence-corrected chi connectivity index (χ2v) is 9.80. The van der Waals surface area contributed by atoms with E-state index in [1.807, 2.05) is 24.4 Å². The molecule has 4 heterocycles. The molecule has 0 atom stereocenters. The first kappa shape index (κ1) is 27.4. The van der Waals surface area contributed by atoms with E-state index in [1.165, 1.54) is 0 Å². The van der Waals surface area contributed by atoms with Gasteiger partial charge in [0, 0.05) is 50.8 Å². The number of benzene rings is 1. The van der Waals surface area contributed by atoms with Crippen molar-refractivity contribution >= 4 is 23.2 Å². The molecule has 0 aliphatic carbocycles. The molecule has 0 unspecified atom stereocenters. The highest BCUT2D eigenvalue weighted by Crippen LogP contribution is 2.38. The van der Waals surface area contributed by atoms with E-state index in [-0.39, 0.29) is 18.0 Å². The summed E-state index contributed by atoms with van der Waals surface area (Å²) in [6.07, 6.45) is 10.3. The number of aryl methyl sites for hydroxylation is 1. The van der Waals surface area contributed by atoms with Gasteiger partial charge in [0.05, 0.1) is 37.4 Å². The van der Waals surface area contributed by atoms with Gasteiger partial charge in [-0.05, 0) is 67.9 Å². The molecule has 8 nitrogen and oxygen atoms in total. The first-order chi connectivity index (χ1) is 17.6. The molecule has 0 spiro atoms. The highest BCUT2D eigenvalue weighted by atomic mass is 35.5. The lowest BCUT2D eigenvalue weighted by Gasteiger charge is -2.35. The van der Waals surface area contributed by atoms with Crippen LogP contribution in [-0.2, 0) is 18.3 Å². The van der Waals surface area contributed by atoms with Crippen LogP contribution >= 0.6 is 12.4 Å². The Morgan fingerprint density at radius 2 is 1.65 bits per heavy atom. The molecule has 0 bridgehead atoms. The van der Waals surface area contributed by atoms with Crippen molar-refractivity contribution in [2.45, 2.75) is 44.4 Å². The summed E-state index contributed by atoms with van der Waals surface area (Å²) in [5.41, 5.74) is 2.85. The molecule has 2 fully saturated rings. The number of fused-ring (bicyclic) bond motifs is 1. The van der Waals surface area contributed by atoms with Crippen LogP contribution in [0.1, 0.15) is 31.2 Å². The van der Waals surface area contributed by atoms with Gasteiger partial charge in [0.1, 0.15) is 11.5 Å². The van der Waals surface area contributed by atoms with Gasteiger partial charge in [-0.2, -0.15) is 0 Å². The summed E-state index contributed by atoms with van der Waals surface area (Å²) in [6, 6.07) is 5.98. The van der Waals surface area contributed by atoms with E-state index in [2.05, 4.69) is 15.2 Å². The number of rotatable bonds is 7. The maximum absolute atomic E-state index is 12.6. The molecule has 2 aliphatic heterocycles. The monoisotopic (exact) mass is 528 g/mol. The summed E-state index contributed by atoms with van der Waals surface area (Å²) in [4.78, 5) is 19.2. The van der Waals surface area contributed by atoms with Gasteiger partial charge < -0.3 is 24.1 Å². The fourth-order valence-electron chi connectivity index (χ4n) is 5.47. The van der Waals surface area contributed by atoms with Crippen LogP contribution in [0.5, 0.6) is 11.5 Å². The van der Waals surface area contributed by atoms with Crippen molar-refractivity contribution in [2.75, 3.05) is 40.4 Å². The van der Waals surface area contributed by atoms with E-state index in [9.17, 15) is 4.79 Å². The lowest BCUT2D eigenvalue weighted by atomic mass is 9.98. The average Bonchev–Trinajstić information content (AvgIpc) is 2.92. The van der Waals surface area contributed by atoms with E-state index < -0.39 is 0 Å². The Bertz CT molecular complexity index is 1240. The standard InChI is InChI=1S/C28H36N4O4.ClH/c1-31-17-24(22-6-11-30-16-23(22)28(31)33)19-14-26(34-2)25(27(15-19)35-3)18-32-12-7-21(8-13-32)36-20-4-9-29-10-5-20;/h6,11,14-17,20-21,29H,4-5,7-10,12-13,18H2,1-3H3;1H. The molecule has 1 N–H and O–H groups in total. The number of methoxy groups -OCH3 is 2. The number of aromatic nitrogens is 2. The quantitative estimate of drug-likeness (QED) is 0.500. The molecule has 3 aromatic rings. The van der Waals surface area contributed by atoms with E-state index in [4.69, 9.17) is 14.2 Å². The molecule has 2 aromatic heterocycles. The number of pyridine rings is 2. The normalized spacial score (nSPS) is 17.5. The van der Waals surface area contributed by atoms with Crippen LogP contribution in [-0.4, -0.2) is 67.1 Å². The summed E-state index contributed by atoms with van der Waals surface area (Å²) in [5.74, 6) is 1.57. The van der Waals surface area contributed by atoms with Crippen LogP contribution < -0.4 is 20.3 Å². The first-order valence-electron chi connectivity index (χ1n) is 12.8. The van der Waals surface area contributed by atoms with Gasteiger partial charge in [-0.1, -0.05) is 0 Å². The predicted octanol–water partition coefficient (Wildman–Crippen LogP) is 3.77. The van der Waals surface area contributed by atoms with E-state index in [1.54, 1.807) is 38.2 Å². The number of hydrogen-bond donors (Lipinski definition) is 1. The number of piperidine rings is 2. The third-order valence-corrected chi connectivity index (χ3v) is 7.49. The molecule has 1 aromatic carbocycles. The van der Waals surface area contributed by atoms with E-state index in [0.29, 0.717) is 17.6 Å². The van der Waals surface area contributed by atoms with Crippen LogP contribution in [0.2, 0.25) is 0 Å². The minimum Gasteiger partial charge on any atom is -0.496 e. The molecule has 0 radical (unpaired) electrons. The van der Waals surface area contributed by atoms with Crippen LogP contribution in [0.15, 0.2) is 41.6 Å². The zero-order valence-electron chi connectivity index (χ0n) is 21.9. The fourth-order valence-corrected chi connectivity index (χ4v) is 5.47. The predicted molar refractivity (Wildman–Crippen MR) is 148 cm³/mol.